The number of anilines is 1. The largest absolute Gasteiger partial charge is 0.328 e. The molecule has 0 spiro atoms. The van der Waals surface area contributed by atoms with E-state index in [0.717, 1.165) is 10.2 Å². The zero-order valence-electron chi connectivity index (χ0n) is 9.66. The van der Waals surface area contributed by atoms with Gasteiger partial charge in [-0.25, -0.2) is 4.79 Å². The van der Waals surface area contributed by atoms with Crippen molar-refractivity contribution in [2.75, 3.05) is 11.4 Å². The summed E-state index contributed by atoms with van der Waals surface area (Å²) in [6.45, 7) is 4.03. The minimum atomic E-state index is -0.568. The van der Waals surface area contributed by atoms with Crippen molar-refractivity contribution in [3.63, 3.8) is 0 Å². The Morgan fingerprint density at radius 2 is 1.82 bits per heavy atom. The lowest BCUT2D eigenvalue weighted by atomic mass is 9.90. The van der Waals surface area contributed by atoms with Gasteiger partial charge < -0.3 is 0 Å². The number of hydrogen-bond donors (Lipinski definition) is 1. The molecule has 1 fully saturated rings. The SMILES string of the molecule is CC1(C)CN(c2ccc(Br)cc2)C(=O)NC1=O. The molecule has 1 aliphatic rings. The Labute approximate surface area is 108 Å². The number of nitrogens with zero attached hydrogens (tertiary/aromatic N) is 1. The number of benzene rings is 1. The van der Waals surface area contributed by atoms with Crippen LogP contribution in [0.2, 0.25) is 0 Å². The van der Waals surface area contributed by atoms with Gasteiger partial charge >= 0.3 is 6.03 Å². The standard InChI is InChI=1S/C12H13BrN2O2/c1-12(2)7-15(11(17)14-10(12)16)9-5-3-8(13)4-6-9/h3-6H,7H2,1-2H3,(H,14,16,17). The molecule has 0 atom stereocenters. The van der Waals surface area contributed by atoms with Crippen LogP contribution in [0, 0.1) is 5.41 Å². The van der Waals surface area contributed by atoms with Crippen molar-refractivity contribution in [2.45, 2.75) is 13.8 Å². The van der Waals surface area contributed by atoms with Crippen molar-refractivity contribution >= 4 is 33.6 Å². The van der Waals surface area contributed by atoms with E-state index in [9.17, 15) is 9.59 Å². The number of hydrogen-bond acceptors (Lipinski definition) is 2. The summed E-state index contributed by atoms with van der Waals surface area (Å²) in [6, 6.07) is 7.06. The highest BCUT2D eigenvalue weighted by Gasteiger charge is 2.38. The topological polar surface area (TPSA) is 49.4 Å². The number of carbonyl (C=O) groups is 2. The van der Waals surface area contributed by atoms with E-state index >= 15 is 0 Å². The zero-order valence-corrected chi connectivity index (χ0v) is 11.2. The third-order valence-electron chi connectivity index (χ3n) is 2.77. The molecule has 17 heavy (non-hydrogen) atoms. The van der Waals surface area contributed by atoms with Crippen LogP contribution in [0.1, 0.15) is 13.8 Å². The van der Waals surface area contributed by atoms with Gasteiger partial charge in [-0.2, -0.15) is 0 Å². The minimum Gasteiger partial charge on any atom is -0.293 e. The minimum absolute atomic E-state index is 0.226. The molecular weight excluding hydrogens is 284 g/mol. The molecule has 1 heterocycles. The molecule has 1 aliphatic heterocycles. The Balaban J connectivity index is 2.29. The van der Waals surface area contributed by atoms with E-state index in [2.05, 4.69) is 21.2 Å². The van der Waals surface area contributed by atoms with Crippen LogP contribution < -0.4 is 10.2 Å². The molecule has 90 valence electrons. The van der Waals surface area contributed by atoms with Crippen molar-refractivity contribution in [2.24, 2.45) is 5.41 Å². The van der Waals surface area contributed by atoms with Crippen LogP contribution >= 0.6 is 15.9 Å². The lowest BCUT2D eigenvalue weighted by Crippen LogP contribution is -2.58. The molecule has 2 rings (SSSR count). The molecule has 0 unspecified atom stereocenters. The van der Waals surface area contributed by atoms with E-state index in [1.807, 2.05) is 38.1 Å². The van der Waals surface area contributed by atoms with Gasteiger partial charge in [-0.15, -0.1) is 0 Å². The van der Waals surface area contributed by atoms with Crippen molar-refractivity contribution in [1.82, 2.24) is 5.32 Å². The highest BCUT2D eigenvalue weighted by atomic mass is 79.9. The Hall–Kier alpha value is -1.36. The highest BCUT2D eigenvalue weighted by Crippen LogP contribution is 2.27. The van der Waals surface area contributed by atoms with Crippen molar-refractivity contribution in [3.8, 4) is 0 Å². The molecule has 3 amide bonds. The van der Waals surface area contributed by atoms with Crippen molar-refractivity contribution < 1.29 is 9.59 Å². The number of nitrogens with one attached hydrogen (secondary N) is 1. The first kappa shape index (κ1) is 12.1. The van der Waals surface area contributed by atoms with Gasteiger partial charge in [0.2, 0.25) is 5.91 Å². The summed E-state index contributed by atoms with van der Waals surface area (Å²) in [5.74, 6) is -0.226. The van der Waals surface area contributed by atoms with E-state index in [0.29, 0.717) is 6.54 Å². The molecule has 0 bridgehead atoms. The van der Waals surface area contributed by atoms with Gasteiger partial charge in [0, 0.05) is 16.7 Å². The van der Waals surface area contributed by atoms with Crippen LogP contribution in [0.25, 0.3) is 0 Å². The van der Waals surface area contributed by atoms with Gasteiger partial charge in [0.05, 0.1) is 5.41 Å². The summed E-state index contributed by atoms with van der Waals surface area (Å²) in [5, 5.41) is 2.37. The number of halogens is 1. The predicted octanol–water partition coefficient (Wildman–Crippen LogP) is 2.53. The van der Waals surface area contributed by atoms with E-state index < -0.39 is 5.41 Å². The van der Waals surface area contributed by atoms with Crippen LogP contribution in [0.4, 0.5) is 10.5 Å². The number of imide groups is 1. The summed E-state index contributed by atoms with van der Waals surface area (Å²) >= 11 is 3.34. The lowest BCUT2D eigenvalue weighted by molar-refractivity contribution is -0.128. The van der Waals surface area contributed by atoms with Crippen LogP contribution in [0.15, 0.2) is 28.7 Å². The fourth-order valence-corrected chi connectivity index (χ4v) is 1.97. The Morgan fingerprint density at radius 1 is 1.24 bits per heavy atom. The van der Waals surface area contributed by atoms with Crippen LogP contribution in [0.5, 0.6) is 0 Å². The first-order valence-electron chi connectivity index (χ1n) is 5.29. The molecule has 1 aromatic carbocycles. The number of urea groups is 1. The Kier molecular flexibility index (Phi) is 2.95. The summed E-state index contributed by atoms with van der Waals surface area (Å²) in [6.07, 6.45) is 0. The average molecular weight is 297 g/mol. The van der Waals surface area contributed by atoms with E-state index in [-0.39, 0.29) is 11.9 Å². The van der Waals surface area contributed by atoms with Crippen molar-refractivity contribution in [3.05, 3.63) is 28.7 Å². The molecule has 1 N–H and O–H groups in total. The van der Waals surface area contributed by atoms with Gasteiger partial charge in [-0.05, 0) is 38.1 Å². The smallest absolute Gasteiger partial charge is 0.293 e. The predicted molar refractivity (Wildman–Crippen MR) is 68.8 cm³/mol. The second-order valence-electron chi connectivity index (χ2n) is 4.71. The lowest BCUT2D eigenvalue weighted by Gasteiger charge is -2.36. The first-order valence-corrected chi connectivity index (χ1v) is 6.08. The molecule has 0 aromatic heterocycles. The first-order chi connectivity index (χ1) is 7.90. The normalized spacial score (nSPS) is 19.1. The fourth-order valence-electron chi connectivity index (χ4n) is 1.70. The van der Waals surface area contributed by atoms with Crippen LogP contribution in [-0.2, 0) is 4.79 Å². The summed E-state index contributed by atoms with van der Waals surface area (Å²) in [5.41, 5.74) is 0.215. The second-order valence-corrected chi connectivity index (χ2v) is 5.62. The molecule has 0 saturated carbocycles. The van der Waals surface area contributed by atoms with Crippen LogP contribution in [-0.4, -0.2) is 18.5 Å². The molecule has 5 heteroatoms. The third-order valence-corrected chi connectivity index (χ3v) is 3.30. The zero-order chi connectivity index (χ0) is 12.6. The Bertz CT molecular complexity index is 468. The van der Waals surface area contributed by atoms with Crippen molar-refractivity contribution in [1.29, 1.82) is 0 Å². The Morgan fingerprint density at radius 3 is 2.41 bits per heavy atom. The van der Waals surface area contributed by atoms with Gasteiger partial charge in [0.1, 0.15) is 0 Å². The molecule has 1 aromatic rings. The number of amides is 3. The maximum Gasteiger partial charge on any atom is 0.328 e. The van der Waals surface area contributed by atoms with Gasteiger partial charge in [-0.1, -0.05) is 15.9 Å². The van der Waals surface area contributed by atoms with E-state index in [1.54, 1.807) is 4.90 Å². The maximum atomic E-state index is 11.8. The second kappa shape index (κ2) is 4.14. The molecular formula is C12H13BrN2O2. The van der Waals surface area contributed by atoms with Crippen LogP contribution in [0.3, 0.4) is 0 Å². The molecule has 1 saturated heterocycles. The molecule has 0 aliphatic carbocycles. The van der Waals surface area contributed by atoms with E-state index in [4.69, 9.17) is 0 Å². The average Bonchev–Trinajstić information content (AvgIpc) is 2.25. The van der Waals surface area contributed by atoms with E-state index in [1.165, 1.54) is 0 Å². The maximum absolute atomic E-state index is 11.8. The molecule has 0 radical (unpaired) electrons. The fraction of sp³-hybridized carbons (Fsp3) is 0.333. The monoisotopic (exact) mass is 296 g/mol. The summed E-state index contributed by atoms with van der Waals surface area (Å²) in [7, 11) is 0. The van der Waals surface area contributed by atoms with Gasteiger partial charge in [0.15, 0.2) is 0 Å². The third kappa shape index (κ3) is 2.34. The number of rotatable bonds is 1. The highest BCUT2D eigenvalue weighted by molar-refractivity contribution is 9.10. The quantitative estimate of drug-likeness (QED) is 0.866. The number of carbonyl (C=O) groups excluding carboxylic acids is 2. The van der Waals surface area contributed by atoms with Gasteiger partial charge in [0.25, 0.3) is 0 Å². The van der Waals surface area contributed by atoms with Gasteiger partial charge in [-0.3, -0.25) is 15.0 Å². The summed E-state index contributed by atoms with van der Waals surface area (Å²) < 4.78 is 0.953. The summed E-state index contributed by atoms with van der Waals surface area (Å²) in [4.78, 5) is 24.9. The molecule has 4 nitrogen and oxygen atoms in total.